The Labute approximate surface area is 111 Å². The van der Waals surface area contributed by atoms with Crippen molar-refractivity contribution in [1.82, 2.24) is 0 Å². The highest BCUT2D eigenvalue weighted by Crippen LogP contribution is 2.22. The Morgan fingerprint density at radius 1 is 1.33 bits per heavy atom. The van der Waals surface area contributed by atoms with E-state index in [9.17, 15) is 10.2 Å². The van der Waals surface area contributed by atoms with Crippen LogP contribution in [0.15, 0.2) is 24.3 Å². The van der Waals surface area contributed by atoms with Crippen LogP contribution in [-0.4, -0.2) is 48.0 Å². The SMILES string of the molecule is COc1ccc(CSCC2OCC(O)C2O)cc1. The number of aliphatic hydroxyl groups excluding tert-OH is 2. The first-order chi connectivity index (χ1) is 8.70. The van der Waals surface area contributed by atoms with Crippen LogP contribution < -0.4 is 4.74 Å². The largest absolute Gasteiger partial charge is 0.497 e. The van der Waals surface area contributed by atoms with E-state index in [0.717, 1.165) is 11.5 Å². The third-order valence-electron chi connectivity index (χ3n) is 2.97. The lowest BCUT2D eigenvalue weighted by molar-refractivity contribution is 0.0337. The second kappa shape index (κ2) is 6.43. The van der Waals surface area contributed by atoms with E-state index in [1.807, 2.05) is 24.3 Å². The Kier molecular flexibility index (Phi) is 4.88. The molecule has 100 valence electrons. The number of aliphatic hydroxyl groups is 2. The molecule has 2 N–H and O–H groups in total. The number of hydrogen-bond donors (Lipinski definition) is 2. The molecule has 1 aromatic carbocycles. The molecule has 1 aliphatic heterocycles. The van der Waals surface area contributed by atoms with Gasteiger partial charge in [0.15, 0.2) is 0 Å². The zero-order chi connectivity index (χ0) is 13.0. The molecule has 4 nitrogen and oxygen atoms in total. The van der Waals surface area contributed by atoms with Gasteiger partial charge < -0.3 is 19.7 Å². The minimum atomic E-state index is -0.756. The summed E-state index contributed by atoms with van der Waals surface area (Å²) < 4.78 is 10.4. The number of rotatable bonds is 5. The molecule has 5 heteroatoms. The lowest BCUT2D eigenvalue weighted by Gasteiger charge is -2.14. The fourth-order valence-electron chi connectivity index (χ4n) is 1.83. The van der Waals surface area contributed by atoms with Gasteiger partial charge in [-0.2, -0.15) is 11.8 Å². The number of ether oxygens (including phenoxy) is 2. The second-order valence-electron chi connectivity index (χ2n) is 4.29. The number of hydrogen-bond acceptors (Lipinski definition) is 5. The van der Waals surface area contributed by atoms with E-state index in [0.29, 0.717) is 5.75 Å². The van der Waals surface area contributed by atoms with E-state index >= 15 is 0 Å². The number of benzene rings is 1. The lowest BCUT2D eigenvalue weighted by Crippen LogP contribution is -2.31. The maximum atomic E-state index is 9.62. The van der Waals surface area contributed by atoms with Gasteiger partial charge in [-0.05, 0) is 17.7 Å². The van der Waals surface area contributed by atoms with E-state index in [-0.39, 0.29) is 12.7 Å². The van der Waals surface area contributed by atoms with Crippen molar-refractivity contribution < 1.29 is 19.7 Å². The van der Waals surface area contributed by atoms with Gasteiger partial charge in [-0.1, -0.05) is 12.1 Å². The first-order valence-corrected chi connectivity index (χ1v) is 7.04. The fraction of sp³-hybridized carbons (Fsp3) is 0.538. The van der Waals surface area contributed by atoms with Crippen molar-refractivity contribution in [3.05, 3.63) is 29.8 Å². The topological polar surface area (TPSA) is 58.9 Å². The molecule has 0 saturated carbocycles. The molecule has 0 bridgehead atoms. The van der Waals surface area contributed by atoms with Gasteiger partial charge in [-0.3, -0.25) is 0 Å². The molecule has 2 rings (SSSR count). The van der Waals surface area contributed by atoms with Crippen LogP contribution in [0.5, 0.6) is 5.75 Å². The molecule has 1 heterocycles. The summed E-state index contributed by atoms with van der Waals surface area (Å²) >= 11 is 1.69. The average molecular weight is 270 g/mol. The third kappa shape index (κ3) is 3.38. The first-order valence-electron chi connectivity index (χ1n) is 5.89. The van der Waals surface area contributed by atoms with E-state index in [1.165, 1.54) is 5.56 Å². The molecule has 0 aromatic heterocycles. The fourth-order valence-corrected chi connectivity index (χ4v) is 2.90. The zero-order valence-corrected chi connectivity index (χ0v) is 11.1. The maximum absolute atomic E-state index is 9.62. The summed E-state index contributed by atoms with van der Waals surface area (Å²) in [5.74, 6) is 2.39. The Morgan fingerprint density at radius 3 is 2.61 bits per heavy atom. The molecule has 1 saturated heterocycles. The summed E-state index contributed by atoms with van der Waals surface area (Å²) in [4.78, 5) is 0. The molecule has 1 fully saturated rings. The predicted octanol–water partition coefficient (Wildman–Crippen LogP) is 1.05. The van der Waals surface area contributed by atoms with Crippen LogP contribution in [0.25, 0.3) is 0 Å². The van der Waals surface area contributed by atoms with E-state index in [1.54, 1.807) is 18.9 Å². The highest BCUT2D eigenvalue weighted by Gasteiger charge is 2.34. The minimum absolute atomic E-state index is 0.231. The van der Waals surface area contributed by atoms with Crippen LogP contribution in [0.2, 0.25) is 0 Å². The number of methoxy groups -OCH3 is 1. The van der Waals surface area contributed by atoms with E-state index in [2.05, 4.69) is 0 Å². The van der Waals surface area contributed by atoms with Crippen LogP contribution >= 0.6 is 11.8 Å². The van der Waals surface area contributed by atoms with Crippen molar-refractivity contribution >= 4 is 11.8 Å². The van der Waals surface area contributed by atoms with Gasteiger partial charge in [-0.25, -0.2) is 0 Å². The highest BCUT2D eigenvalue weighted by molar-refractivity contribution is 7.98. The Morgan fingerprint density at radius 2 is 2.06 bits per heavy atom. The molecule has 0 amide bonds. The summed E-state index contributed by atoms with van der Waals surface area (Å²) in [6, 6.07) is 7.90. The average Bonchev–Trinajstić information content (AvgIpc) is 2.71. The molecule has 0 spiro atoms. The molecule has 18 heavy (non-hydrogen) atoms. The predicted molar refractivity (Wildman–Crippen MR) is 70.9 cm³/mol. The van der Waals surface area contributed by atoms with Crippen molar-refractivity contribution in [1.29, 1.82) is 0 Å². The summed E-state index contributed by atoms with van der Waals surface area (Å²) in [7, 11) is 1.65. The first kappa shape index (κ1) is 13.7. The molecule has 1 aliphatic rings. The van der Waals surface area contributed by atoms with Gasteiger partial charge in [0.2, 0.25) is 0 Å². The summed E-state index contributed by atoms with van der Waals surface area (Å²) in [5.41, 5.74) is 1.20. The van der Waals surface area contributed by atoms with Crippen LogP contribution in [0, 0.1) is 0 Å². The molecule has 3 unspecified atom stereocenters. The summed E-state index contributed by atoms with van der Waals surface area (Å²) in [6.07, 6.45) is -1.76. The van der Waals surface area contributed by atoms with Crippen molar-refractivity contribution in [2.24, 2.45) is 0 Å². The van der Waals surface area contributed by atoms with Gasteiger partial charge in [0.25, 0.3) is 0 Å². The van der Waals surface area contributed by atoms with Crippen molar-refractivity contribution in [3.8, 4) is 5.75 Å². The standard InChI is InChI=1S/C13H18O4S/c1-16-10-4-2-9(3-5-10)7-18-8-12-13(15)11(14)6-17-12/h2-5,11-15H,6-8H2,1H3. The van der Waals surface area contributed by atoms with Gasteiger partial charge in [-0.15, -0.1) is 0 Å². The van der Waals surface area contributed by atoms with E-state index < -0.39 is 12.2 Å². The number of thioether (sulfide) groups is 1. The van der Waals surface area contributed by atoms with Crippen LogP contribution in [-0.2, 0) is 10.5 Å². The summed E-state index contributed by atoms with van der Waals surface area (Å²) in [5, 5.41) is 19.0. The van der Waals surface area contributed by atoms with Gasteiger partial charge in [0.1, 0.15) is 18.0 Å². The normalized spacial score (nSPS) is 27.4. The quantitative estimate of drug-likeness (QED) is 0.837. The monoisotopic (exact) mass is 270 g/mol. The molecule has 0 aliphatic carbocycles. The minimum Gasteiger partial charge on any atom is -0.497 e. The molecular formula is C13H18O4S. The third-order valence-corrected chi connectivity index (χ3v) is 4.07. The van der Waals surface area contributed by atoms with Crippen LogP contribution in [0.3, 0.4) is 0 Å². The lowest BCUT2D eigenvalue weighted by atomic mass is 10.2. The molecule has 3 atom stereocenters. The maximum Gasteiger partial charge on any atom is 0.118 e. The zero-order valence-electron chi connectivity index (χ0n) is 10.3. The Balaban J connectivity index is 1.74. The van der Waals surface area contributed by atoms with Crippen LogP contribution in [0.1, 0.15) is 5.56 Å². The van der Waals surface area contributed by atoms with Crippen LogP contribution in [0.4, 0.5) is 0 Å². The molecule has 0 radical (unpaired) electrons. The molecule has 1 aromatic rings. The van der Waals surface area contributed by atoms with Crippen molar-refractivity contribution in [2.45, 2.75) is 24.1 Å². The van der Waals surface area contributed by atoms with Gasteiger partial charge >= 0.3 is 0 Å². The highest BCUT2D eigenvalue weighted by atomic mass is 32.2. The Bertz CT molecular complexity index is 368. The molecular weight excluding hydrogens is 252 g/mol. The smallest absolute Gasteiger partial charge is 0.118 e. The second-order valence-corrected chi connectivity index (χ2v) is 5.32. The van der Waals surface area contributed by atoms with Gasteiger partial charge in [0.05, 0.1) is 19.8 Å². The van der Waals surface area contributed by atoms with Crippen molar-refractivity contribution in [3.63, 3.8) is 0 Å². The van der Waals surface area contributed by atoms with E-state index in [4.69, 9.17) is 9.47 Å². The van der Waals surface area contributed by atoms with Crippen molar-refractivity contribution in [2.75, 3.05) is 19.5 Å². The van der Waals surface area contributed by atoms with Gasteiger partial charge in [0, 0.05) is 11.5 Å². The summed E-state index contributed by atoms with van der Waals surface area (Å²) in [6.45, 7) is 0.231. The Hall–Kier alpha value is -0.750.